The zero-order chi connectivity index (χ0) is 18.4. The molecule has 26 heavy (non-hydrogen) atoms. The van der Waals surface area contributed by atoms with Crippen molar-refractivity contribution in [2.75, 3.05) is 18.5 Å². The molecule has 0 saturated heterocycles. The van der Waals surface area contributed by atoms with Gasteiger partial charge in [-0.05, 0) is 24.3 Å². The number of hydrogen-bond acceptors (Lipinski definition) is 6. The Bertz CT molecular complexity index is 881. The number of thiazole rings is 1. The molecule has 0 amide bonds. The van der Waals surface area contributed by atoms with Gasteiger partial charge >= 0.3 is 5.97 Å². The van der Waals surface area contributed by atoms with E-state index in [1.54, 1.807) is 18.2 Å². The third kappa shape index (κ3) is 4.60. The van der Waals surface area contributed by atoms with Crippen molar-refractivity contribution >= 4 is 34.6 Å². The summed E-state index contributed by atoms with van der Waals surface area (Å²) in [5, 5.41) is 15.3. The Hall–Kier alpha value is -2.41. The number of carbonyl (C=O) groups excluding carboxylic acids is 1. The zero-order valence-corrected chi connectivity index (χ0v) is 15.4. The number of hydrogen-bond donors (Lipinski definition) is 2. The van der Waals surface area contributed by atoms with Gasteiger partial charge in [-0.3, -0.25) is 0 Å². The number of aliphatic hydroxyl groups excluding tert-OH is 1. The standard InChI is InChI=1S/C19H17ClN2O3S/c20-14-7-5-13(6-8-14)18-22-15(12-26-18)11-25-19(24)16-3-1-2-4-17(16)21-9-10-23/h1-8,12,21,23H,9-11H2. The average molecular weight is 389 g/mol. The number of esters is 1. The molecule has 1 heterocycles. The Labute approximate surface area is 160 Å². The largest absolute Gasteiger partial charge is 0.455 e. The summed E-state index contributed by atoms with van der Waals surface area (Å²) < 4.78 is 5.38. The molecule has 0 spiro atoms. The van der Waals surface area contributed by atoms with Gasteiger partial charge in [0.2, 0.25) is 0 Å². The maximum Gasteiger partial charge on any atom is 0.340 e. The quantitative estimate of drug-likeness (QED) is 0.593. The Kier molecular flexibility index (Phi) is 6.22. The van der Waals surface area contributed by atoms with Gasteiger partial charge in [0, 0.05) is 28.2 Å². The van der Waals surface area contributed by atoms with Gasteiger partial charge in [-0.2, -0.15) is 0 Å². The number of aliphatic hydroxyl groups is 1. The number of ether oxygens (including phenoxy) is 1. The molecule has 7 heteroatoms. The molecule has 0 aliphatic rings. The molecule has 134 valence electrons. The van der Waals surface area contributed by atoms with E-state index >= 15 is 0 Å². The van der Waals surface area contributed by atoms with Crippen LogP contribution in [-0.2, 0) is 11.3 Å². The maximum absolute atomic E-state index is 12.4. The lowest BCUT2D eigenvalue weighted by molar-refractivity contribution is 0.0469. The first-order chi connectivity index (χ1) is 12.7. The first-order valence-corrected chi connectivity index (χ1v) is 9.24. The van der Waals surface area contributed by atoms with E-state index in [1.165, 1.54) is 11.3 Å². The number of benzene rings is 2. The van der Waals surface area contributed by atoms with E-state index in [2.05, 4.69) is 10.3 Å². The van der Waals surface area contributed by atoms with Gasteiger partial charge in [0.1, 0.15) is 11.6 Å². The van der Waals surface area contributed by atoms with Crippen molar-refractivity contribution in [3.8, 4) is 10.6 Å². The van der Waals surface area contributed by atoms with Crippen LogP contribution in [0.1, 0.15) is 16.1 Å². The summed E-state index contributed by atoms with van der Waals surface area (Å²) in [7, 11) is 0. The first kappa shape index (κ1) is 18.4. The molecule has 0 aliphatic carbocycles. The fourth-order valence-electron chi connectivity index (χ4n) is 2.32. The minimum Gasteiger partial charge on any atom is -0.455 e. The predicted octanol–water partition coefficient (Wildman–Crippen LogP) is 4.22. The molecule has 0 saturated carbocycles. The molecule has 0 aliphatic heterocycles. The Morgan fingerprint density at radius 2 is 1.96 bits per heavy atom. The van der Waals surface area contributed by atoms with E-state index in [-0.39, 0.29) is 13.2 Å². The van der Waals surface area contributed by atoms with Crippen molar-refractivity contribution in [1.82, 2.24) is 4.98 Å². The molecule has 0 radical (unpaired) electrons. The number of nitrogens with one attached hydrogen (secondary N) is 1. The molecular weight excluding hydrogens is 372 g/mol. The van der Waals surface area contributed by atoms with E-state index in [0.717, 1.165) is 10.6 Å². The first-order valence-electron chi connectivity index (χ1n) is 7.98. The van der Waals surface area contributed by atoms with Gasteiger partial charge in [-0.15, -0.1) is 11.3 Å². The second kappa shape index (κ2) is 8.80. The molecule has 0 unspecified atom stereocenters. The van der Waals surface area contributed by atoms with E-state index < -0.39 is 5.97 Å². The number of para-hydroxylation sites is 1. The number of nitrogens with zero attached hydrogens (tertiary/aromatic N) is 1. The van der Waals surface area contributed by atoms with Crippen LogP contribution in [0.3, 0.4) is 0 Å². The van der Waals surface area contributed by atoms with Crippen LogP contribution in [-0.4, -0.2) is 29.2 Å². The van der Waals surface area contributed by atoms with Crippen LogP contribution >= 0.6 is 22.9 Å². The summed E-state index contributed by atoms with van der Waals surface area (Å²) in [4.78, 5) is 16.8. The van der Waals surface area contributed by atoms with Crippen LogP contribution in [0, 0.1) is 0 Å². The third-order valence-electron chi connectivity index (χ3n) is 3.57. The molecule has 2 aromatic carbocycles. The monoisotopic (exact) mass is 388 g/mol. The highest BCUT2D eigenvalue weighted by molar-refractivity contribution is 7.13. The molecule has 0 bridgehead atoms. The van der Waals surface area contributed by atoms with Gasteiger partial charge in [0.15, 0.2) is 0 Å². The molecule has 0 atom stereocenters. The van der Waals surface area contributed by atoms with Crippen LogP contribution in [0.15, 0.2) is 53.9 Å². The van der Waals surface area contributed by atoms with Crippen molar-refractivity contribution in [1.29, 1.82) is 0 Å². The van der Waals surface area contributed by atoms with Crippen molar-refractivity contribution in [2.45, 2.75) is 6.61 Å². The normalized spacial score (nSPS) is 10.5. The molecule has 3 rings (SSSR count). The van der Waals surface area contributed by atoms with E-state index in [9.17, 15) is 4.79 Å². The molecule has 1 aromatic heterocycles. The zero-order valence-electron chi connectivity index (χ0n) is 13.8. The summed E-state index contributed by atoms with van der Waals surface area (Å²) in [6.45, 7) is 0.438. The SMILES string of the molecule is O=C(OCc1csc(-c2ccc(Cl)cc2)n1)c1ccccc1NCCO. The van der Waals surface area contributed by atoms with Crippen molar-refractivity contribution in [3.05, 3.63) is 70.2 Å². The van der Waals surface area contributed by atoms with Crippen LogP contribution in [0.4, 0.5) is 5.69 Å². The lowest BCUT2D eigenvalue weighted by Gasteiger charge is -2.10. The molecular formula is C19H17ClN2O3S. The number of anilines is 1. The number of carbonyl (C=O) groups is 1. The Morgan fingerprint density at radius 1 is 1.19 bits per heavy atom. The van der Waals surface area contributed by atoms with Gasteiger partial charge < -0.3 is 15.2 Å². The summed E-state index contributed by atoms with van der Waals surface area (Å²) in [6.07, 6.45) is 0. The maximum atomic E-state index is 12.4. The smallest absolute Gasteiger partial charge is 0.340 e. The predicted molar refractivity (Wildman–Crippen MR) is 104 cm³/mol. The fourth-order valence-corrected chi connectivity index (χ4v) is 3.26. The van der Waals surface area contributed by atoms with E-state index in [4.69, 9.17) is 21.4 Å². The summed E-state index contributed by atoms with van der Waals surface area (Å²) in [5.74, 6) is -0.438. The van der Waals surface area contributed by atoms with Gasteiger partial charge in [-0.1, -0.05) is 35.9 Å². The third-order valence-corrected chi connectivity index (χ3v) is 4.76. The van der Waals surface area contributed by atoms with Gasteiger partial charge in [0.25, 0.3) is 0 Å². The summed E-state index contributed by atoms with van der Waals surface area (Å²) >= 11 is 7.38. The van der Waals surface area contributed by atoms with E-state index in [0.29, 0.717) is 28.5 Å². The second-order valence-corrected chi connectivity index (χ2v) is 6.72. The highest BCUT2D eigenvalue weighted by Crippen LogP contribution is 2.25. The van der Waals surface area contributed by atoms with Crippen LogP contribution in [0.5, 0.6) is 0 Å². The van der Waals surface area contributed by atoms with E-state index in [1.807, 2.05) is 35.7 Å². The Balaban J connectivity index is 1.64. The molecule has 3 aromatic rings. The molecule has 5 nitrogen and oxygen atoms in total. The average Bonchev–Trinajstić information content (AvgIpc) is 3.14. The van der Waals surface area contributed by atoms with Gasteiger partial charge in [-0.25, -0.2) is 9.78 Å². The van der Waals surface area contributed by atoms with Crippen molar-refractivity contribution < 1.29 is 14.6 Å². The lowest BCUT2D eigenvalue weighted by atomic mass is 10.2. The topological polar surface area (TPSA) is 71.5 Å². The highest BCUT2D eigenvalue weighted by Gasteiger charge is 2.13. The lowest BCUT2D eigenvalue weighted by Crippen LogP contribution is -2.12. The minimum atomic E-state index is -0.438. The van der Waals surface area contributed by atoms with Crippen molar-refractivity contribution in [2.24, 2.45) is 0 Å². The van der Waals surface area contributed by atoms with Gasteiger partial charge in [0.05, 0.1) is 17.9 Å². The molecule has 0 fully saturated rings. The van der Waals surface area contributed by atoms with Crippen LogP contribution in [0.25, 0.3) is 10.6 Å². The van der Waals surface area contributed by atoms with Crippen LogP contribution < -0.4 is 5.32 Å². The minimum absolute atomic E-state index is 0.0182. The second-order valence-electron chi connectivity index (χ2n) is 5.42. The van der Waals surface area contributed by atoms with Crippen LogP contribution in [0.2, 0.25) is 5.02 Å². The fraction of sp³-hybridized carbons (Fsp3) is 0.158. The number of halogens is 1. The van der Waals surface area contributed by atoms with Crippen molar-refractivity contribution in [3.63, 3.8) is 0 Å². The Morgan fingerprint density at radius 3 is 2.73 bits per heavy atom. The molecule has 2 N–H and O–H groups in total. The summed E-state index contributed by atoms with van der Waals surface area (Å²) in [6, 6.07) is 14.5. The summed E-state index contributed by atoms with van der Waals surface area (Å²) in [5.41, 5.74) is 2.71. The highest BCUT2D eigenvalue weighted by atomic mass is 35.5. The number of aromatic nitrogens is 1. The number of rotatable bonds is 7.